The molecule has 0 fully saturated rings. The van der Waals surface area contributed by atoms with Gasteiger partial charge in [0.05, 0.1) is 0 Å². The van der Waals surface area contributed by atoms with E-state index in [0.717, 1.165) is 14.5 Å². The van der Waals surface area contributed by atoms with Gasteiger partial charge in [0.25, 0.3) is 0 Å². The largest absolute Gasteiger partial charge is 0.360 e. The van der Waals surface area contributed by atoms with E-state index in [2.05, 4.69) is 27.6 Å². The second-order valence-electron chi connectivity index (χ2n) is 2.33. The molecule has 0 atom stereocenters. The molecule has 1 nitrogen and oxygen atoms in total. The summed E-state index contributed by atoms with van der Waals surface area (Å²) >= 11 is 2.21. The standard InChI is InChI=1S/C8H5FIN/c9-5-1-2-6-7(10)4-11-8(6)3-5/h1-4,11H. The molecule has 2 rings (SSSR count). The molecule has 3 heteroatoms. The number of benzene rings is 1. The van der Waals surface area contributed by atoms with Crippen LogP contribution in [0.15, 0.2) is 24.4 Å². The Bertz CT molecular complexity index is 394. The summed E-state index contributed by atoms with van der Waals surface area (Å²) < 4.78 is 13.7. The second kappa shape index (κ2) is 2.48. The first-order valence-electron chi connectivity index (χ1n) is 3.19. The smallest absolute Gasteiger partial charge is 0.125 e. The van der Waals surface area contributed by atoms with E-state index in [1.54, 1.807) is 6.07 Å². The number of hydrogen-bond acceptors (Lipinski definition) is 0. The average Bonchev–Trinajstić information content (AvgIpc) is 2.32. The molecular weight excluding hydrogens is 256 g/mol. The van der Waals surface area contributed by atoms with E-state index >= 15 is 0 Å². The minimum Gasteiger partial charge on any atom is -0.360 e. The number of nitrogens with one attached hydrogen (secondary N) is 1. The fourth-order valence-corrected chi connectivity index (χ4v) is 1.69. The second-order valence-corrected chi connectivity index (χ2v) is 3.49. The Morgan fingerprint density at radius 3 is 3.00 bits per heavy atom. The van der Waals surface area contributed by atoms with E-state index in [4.69, 9.17) is 0 Å². The lowest BCUT2D eigenvalue weighted by atomic mass is 10.2. The molecule has 1 N–H and O–H groups in total. The number of rotatable bonds is 0. The van der Waals surface area contributed by atoms with Crippen LogP contribution in [-0.2, 0) is 0 Å². The van der Waals surface area contributed by atoms with Crippen LogP contribution >= 0.6 is 22.6 Å². The maximum Gasteiger partial charge on any atom is 0.125 e. The Morgan fingerprint density at radius 1 is 1.36 bits per heavy atom. The van der Waals surface area contributed by atoms with Crippen molar-refractivity contribution in [2.75, 3.05) is 0 Å². The summed E-state index contributed by atoms with van der Waals surface area (Å²) in [5.41, 5.74) is 0.856. The third kappa shape index (κ3) is 1.13. The Kier molecular flexibility index (Phi) is 1.60. The molecule has 0 saturated heterocycles. The molecule has 0 saturated carbocycles. The molecule has 0 aliphatic heterocycles. The zero-order chi connectivity index (χ0) is 7.84. The molecule has 0 radical (unpaired) electrons. The van der Waals surface area contributed by atoms with Gasteiger partial charge in [0, 0.05) is 20.7 Å². The molecule has 0 spiro atoms. The van der Waals surface area contributed by atoms with Gasteiger partial charge in [0.2, 0.25) is 0 Å². The van der Waals surface area contributed by atoms with Crippen LogP contribution in [0.1, 0.15) is 0 Å². The van der Waals surface area contributed by atoms with Crippen molar-refractivity contribution in [2.45, 2.75) is 0 Å². The molecule has 0 unspecified atom stereocenters. The van der Waals surface area contributed by atoms with Crippen LogP contribution in [0.25, 0.3) is 10.9 Å². The highest BCUT2D eigenvalue weighted by Crippen LogP contribution is 2.20. The lowest BCUT2D eigenvalue weighted by Crippen LogP contribution is -1.72. The topological polar surface area (TPSA) is 15.8 Å². The van der Waals surface area contributed by atoms with E-state index in [9.17, 15) is 4.39 Å². The maximum atomic E-state index is 12.6. The highest BCUT2D eigenvalue weighted by atomic mass is 127. The Hall–Kier alpha value is -0.580. The summed E-state index contributed by atoms with van der Waals surface area (Å²) in [5.74, 6) is -0.198. The van der Waals surface area contributed by atoms with Gasteiger partial charge in [-0.2, -0.15) is 0 Å². The van der Waals surface area contributed by atoms with Crippen molar-refractivity contribution in [1.29, 1.82) is 0 Å². The highest BCUT2D eigenvalue weighted by Gasteiger charge is 1.99. The van der Waals surface area contributed by atoms with Crippen molar-refractivity contribution >= 4 is 33.5 Å². The summed E-state index contributed by atoms with van der Waals surface area (Å²) in [4.78, 5) is 2.98. The number of aromatic amines is 1. The molecular formula is C8H5FIN. The van der Waals surface area contributed by atoms with Crippen molar-refractivity contribution in [3.8, 4) is 0 Å². The van der Waals surface area contributed by atoms with Gasteiger partial charge in [0.1, 0.15) is 5.82 Å². The molecule has 11 heavy (non-hydrogen) atoms. The van der Waals surface area contributed by atoms with Crippen LogP contribution in [-0.4, -0.2) is 4.98 Å². The predicted octanol–water partition coefficient (Wildman–Crippen LogP) is 2.91. The van der Waals surface area contributed by atoms with Crippen molar-refractivity contribution < 1.29 is 4.39 Å². The van der Waals surface area contributed by atoms with Gasteiger partial charge in [-0.15, -0.1) is 0 Å². The van der Waals surface area contributed by atoms with Gasteiger partial charge in [0.15, 0.2) is 0 Å². The molecule has 1 heterocycles. The summed E-state index contributed by atoms with van der Waals surface area (Å²) in [6.45, 7) is 0. The third-order valence-electron chi connectivity index (χ3n) is 1.59. The van der Waals surface area contributed by atoms with Crippen LogP contribution in [0.4, 0.5) is 4.39 Å². The number of fused-ring (bicyclic) bond motifs is 1. The molecule has 0 aliphatic rings. The first kappa shape index (κ1) is 7.09. The SMILES string of the molecule is Fc1ccc2c(I)c[nH]c2c1. The molecule has 0 amide bonds. The van der Waals surface area contributed by atoms with Gasteiger partial charge < -0.3 is 4.98 Å². The maximum absolute atomic E-state index is 12.6. The van der Waals surface area contributed by atoms with Crippen molar-refractivity contribution in [2.24, 2.45) is 0 Å². The van der Waals surface area contributed by atoms with Gasteiger partial charge in [-0.05, 0) is 40.8 Å². The van der Waals surface area contributed by atoms with E-state index in [-0.39, 0.29) is 5.82 Å². The molecule has 2 aromatic rings. The molecule has 1 aromatic heterocycles. The summed E-state index contributed by atoms with van der Waals surface area (Å²) in [7, 11) is 0. The zero-order valence-corrected chi connectivity index (χ0v) is 7.72. The quantitative estimate of drug-likeness (QED) is 0.702. The highest BCUT2D eigenvalue weighted by molar-refractivity contribution is 14.1. The van der Waals surface area contributed by atoms with Crippen molar-refractivity contribution in [1.82, 2.24) is 4.98 Å². The van der Waals surface area contributed by atoms with Crippen LogP contribution in [0.5, 0.6) is 0 Å². The third-order valence-corrected chi connectivity index (χ3v) is 2.49. The fraction of sp³-hybridized carbons (Fsp3) is 0. The van der Waals surface area contributed by atoms with Crippen LogP contribution in [0.3, 0.4) is 0 Å². The van der Waals surface area contributed by atoms with Crippen molar-refractivity contribution in [3.63, 3.8) is 0 Å². The van der Waals surface area contributed by atoms with Crippen LogP contribution < -0.4 is 0 Å². The van der Waals surface area contributed by atoms with Gasteiger partial charge in [-0.25, -0.2) is 4.39 Å². The number of aromatic nitrogens is 1. The zero-order valence-electron chi connectivity index (χ0n) is 5.57. The van der Waals surface area contributed by atoms with E-state index in [1.807, 2.05) is 6.20 Å². The summed E-state index contributed by atoms with van der Waals surface area (Å²) in [5, 5.41) is 1.08. The average molecular weight is 261 g/mol. The monoisotopic (exact) mass is 261 g/mol. The Morgan fingerprint density at radius 2 is 2.18 bits per heavy atom. The molecule has 56 valence electrons. The number of H-pyrrole nitrogens is 1. The Labute approximate surface area is 76.7 Å². The first-order chi connectivity index (χ1) is 5.27. The lowest BCUT2D eigenvalue weighted by Gasteiger charge is -1.89. The minimum absolute atomic E-state index is 0.198. The van der Waals surface area contributed by atoms with Gasteiger partial charge in [-0.3, -0.25) is 0 Å². The van der Waals surface area contributed by atoms with E-state index < -0.39 is 0 Å². The molecule has 1 aromatic carbocycles. The van der Waals surface area contributed by atoms with Gasteiger partial charge in [-0.1, -0.05) is 0 Å². The summed E-state index contributed by atoms with van der Waals surface area (Å²) in [6, 6.07) is 4.75. The first-order valence-corrected chi connectivity index (χ1v) is 4.27. The predicted molar refractivity (Wildman–Crippen MR) is 51.0 cm³/mol. The van der Waals surface area contributed by atoms with Crippen molar-refractivity contribution in [3.05, 3.63) is 33.8 Å². The fourth-order valence-electron chi connectivity index (χ4n) is 1.06. The number of halogens is 2. The van der Waals surface area contributed by atoms with Gasteiger partial charge >= 0.3 is 0 Å². The number of hydrogen-bond donors (Lipinski definition) is 1. The summed E-state index contributed by atoms with van der Waals surface area (Å²) in [6.07, 6.45) is 1.87. The Balaban J connectivity index is 2.86. The van der Waals surface area contributed by atoms with Crippen LogP contribution in [0.2, 0.25) is 0 Å². The molecule has 0 bridgehead atoms. The lowest BCUT2D eigenvalue weighted by molar-refractivity contribution is 0.629. The van der Waals surface area contributed by atoms with E-state index in [1.165, 1.54) is 12.1 Å². The van der Waals surface area contributed by atoms with Crippen LogP contribution in [0, 0.1) is 9.39 Å². The normalized spacial score (nSPS) is 10.7. The minimum atomic E-state index is -0.198. The molecule has 0 aliphatic carbocycles. The van der Waals surface area contributed by atoms with E-state index in [0.29, 0.717) is 0 Å².